The molecule has 0 spiro atoms. The number of fused-ring (bicyclic) bond motifs is 4. The smallest absolute Gasteiger partial charge is 0.277 e. The molecule has 0 radical (unpaired) electrons. The standard InChI is InChI=1S/C27H28FN5O4.2C26H27N5O5.C26H27N5O4/c1-3-37-22-10-8-18(15-20(22)28)33-25-19(24(30-33)26(29)35)11-13-31(27(25)36)17-7-9-21(16(2)14-17)32-12-5-4-6-23(32)34;1-16-15-18(5-8-20(16)25(33)29-11-13-36-14-12-29)30-10-9-21-22(24(27)32)28-31(23(21)26(30)34)17-3-6-19(35-2)7-4-17;1-3-36-19-7-4-17(5-8-19)31-24-20(23(28-31)25(27)33)10-11-29(26(24)34)18-6-9-21(16(2)14-18)30-12-13-35-15-22(30)32;1-16-15-18(7-10-20(16)25(33)29-12-3-4-13-29)30-14-11-21-22(24(27)32)28-31(23(21)26(30)34)17-5-8-19(35-2)9-6-17/h7-10,14-15H,3-6,11-13H2,1-2H3,(H2,29,35);3-8,15H,9-14H2,1-2H3,(H2,27,32);4-9,14H,3,10-13,15H2,1-2H3,(H2,27,33);5-10,15H,3-4,11-14H2,1-2H3,(H2,27,32). The van der Waals surface area contributed by atoms with Crippen LogP contribution >= 0.6 is 0 Å². The molecular formula is C105H109FN20O18. The predicted molar refractivity (Wildman–Crippen MR) is 531 cm³/mol. The molecule has 38 nitrogen and oxygen atoms in total. The first-order chi connectivity index (χ1) is 69.4. The number of aryl methyl sites for hydroxylation is 4. The maximum absolute atomic E-state index is 14.6. The molecule has 0 bridgehead atoms. The third-order valence-electron chi connectivity index (χ3n) is 26.6. The van der Waals surface area contributed by atoms with Crippen LogP contribution in [0, 0.1) is 33.5 Å². The van der Waals surface area contributed by atoms with E-state index in [1.165, 1.54) is 30.9 Å². The number of ether oxygens (including phenoxy) is 6. The Labute approximate surface area is 827 Å². The van der Waals surface area contributed by atoms with Crippen molar-refractivity contribution >= 4 is 105 Å². The second kappa shape index (κ2) is 42.4. The van der Waals surface area contributed by atoms with E-state index in [1.807, 2.05) is 94.1 Å². The molecule has 0 unspecified atom stereocenters. The lowest BCUT2D eigenvalue weighted by atomic mass is 10.0. The van der Waals surface area contributed by atoms with Crippen molar-refractivity contribution in [2.45, 2.75) is 99.3 Å². The van der Waals surface area contributed by atoms with Crippen molar-refractivity contribution in [1.29, 1.82) is 0 Å². The SMILES string of the molecule is CCOc1ccc(-n2nc(C(N)=O)c3c2C(=O)N(c2ccc(N4CCCCC4=O)c(C)c2)CC3)cc1F.CCOc1ccc(-n2nc(C(N)=O)c3c2C(=O)N(c2ccc(N4CCOCC4=O)c(C)c2)CC3)cc1.COc1ccc(-n2nc(C(N)=O)c3c2C(=O)N(c2ccc(C(=O)N4CCCC4)c(C)c2)CC3)cc1.COc1ccc(-n2nc(C(N)=O)c3c2C(=O)N(c2ccc(C(=O)N4CCOCC4)c(C)c2)CC3)cc1. The number of nitrogens with two attached hydrogens (primary N) is 4. The first-order valence-corrected chi connectivity index (χ1v) is 47.6. The number of hydrogen-bond donors (Lipinski definition) is 4. The molecule has 0 aliphatic carbocycles. The van der Waals surface area contributed by atoms with Crippen LogP contribution in [0.15, 0.2) is 164 Å². The van der Waals surface area contributed by atoms with Gasteiger partial charge < -0.3 is 90.6 Å². The third kappa shape index (κ3) is 19.7. The van der Waals surface area contributed by atoms with Crippen molar-refractivity contribution < 1.29 is 90.3 Å². The summed E-state index contributed by atoms with van der Waals surface area (Å²) in [6, 6.07) is 47.5. The van der Waals surface area contributed by atoms with E-state index in [9.17, 15) is 61.9 Å². The number of amides is 12. The minimum atomic E-state index is -0.756. The molecular weight excluding hydrogens is 1850 g/mol. The molecule has 8 aliphatic rings. The highest BCUT2D eigenvalue weighted by Crippen LogP contribution is 2.40. The third-order valence-corrected chi connectivity index (χ3v) is 26.6. The van der Waals surface area contributed by atoms with Gasteiger partial charge in [-0.1, -0.05) is 0 Å². The molecule has 4 saturated heterocycles. The van der Waals surface area contributed by atoms with E-state index in [2.05, 4.69) is 20.4 Å². The fraction of sp³-hybridized carbons (Fsp3) is 0.314. The summed E-state index contributed by atoms with van der Waals surface area (Å²) in [5, 5.41) is 17.5. The van der Waals surface area contributed by atoms with Gasteiger partial charge in [0.2, 0.25) is 5.91 Å². The highest BCUT2D eigenvalue weighted by Gasteiger charge is 2.42. The molecule has 12 heterocycles. The number of piperidine rings is 1. The summed E-state index contributed by atoms with van der Waals surface area (Å²) >= 11 is 0. The van der Waals surface area contributed by atoms with Crippen molar-refractivity contribution in [3.8, 4) is 45.7 Å². The Balaban J connectivity index is 0.000000132. The first-order valence-electron chi connectivity index (χ1n) is 47.6. The highest BCUT2D eigenvalue weighted by atomic mass is 19.1. The Morgan fingerprint density at radius 3 is 1.02 bits per heavy atom. The summed E-state index contributed by atoms with van der Waals surface area (Å²) in [7, 11) is 3.14. The Kier molecular flexibility index (Phi) is 29.1. The molecule has 8 aliphatic heterocycles. The van der Waals surface area contributed by atoms with Crippen molar-refractivity contribution in [2.75, 3.05) is 149 Å². The van der Waals surface area contributed by atoms with E-state index < -0.39 is 29.4 Å². The van der Waals surface area contributed by atoms with Crippen LogP contribution in [0.4, 0.5) is 38.5 Å². The van der Waals surface area contributed by atoms with Crippen LogP contribution in [0.3, 0.4) is 0 Å². The molecule has 144 heavy (non-hydrogen) atoms. The number of morpholine rings is 2. The lowest BCUT2D eigenvalue weighted by Crippen LogP contribution is -2.42. The Morgan fingerprint density at radius 1 is 0.340 bits per heavy atom. The molecule has 39 heteroatoms. The molecule has 8 N–H and O–H groups in total. The number of hydrogen-bond acceptors (Lipinski definition) is 22. The summed E-state index contributed by atoms with van der Waals surface area (Å²) < 4.78 is 52.1. The minimum Gasteiger partial charge on any atom is -0.497 e. The number of nitrogens with zero attached hydrogens (tertiary/aromatic N) is 16. The number of aromatic nitrogens is 8. The zero-order chi connectivity index (χ0) is 102. The lowest BCUT2D eigenvalue weighted by molar-refractivity contribution is -0.125. The molecule has 20 rings (SSSR count). The summed E-state index contributed by atoms with van der Waals surface area (Å²) in [6.45, 7) is 19.0. The molecule has 4 fully saturated rings. The fourth-order valence-corrected chi connectivity index (χ4v) is 19.3. The number of methoxy groups -OCH3 is 2. The van der Waals surface area contributed by atoms with E-state index in [1.54, 1.807) is 153 Å². The zero-order valence-corrected chi connectivity index (χ0v) is 81.0. The van der Waals surface area contributed by atoms with Gasteiger partial charge in [-0.25, -0.2) is 23.1 Å². The molecule has 744 valence electrons. The maximum Gasteiger partial charge on any atom is 0.277 e. The van der Waals surface area contributed by atoms with Crippen LogP contribution < -0.4 is 71.3 Å². The van der Waals surface area contributed by atoms with Gasteiger partial charge in [-0.15, -0.1) is 0 Å². The minimum absolute atomic E-state index is 0.00701. The van der Waals surface area contributed by atoms with Gasteiger partial charge in [0, 0.05) is 145 Å². The van der Waals surface area contributed by atoms with Gasteiger partial charge in [-0.05, 0) is 273 Å². The van der Waals surface area contributed by atoms with Crippen LogP contribution in [-0.2, 0) is 44.7 Å². The highest BCUT2D eigenvalue weighted by molar-refractivity contribution is 6.14. The van der Waals surface area contributed by atoms with Crippen LogP contribution in [0.5, 0.6) is 23.0 Å². The fourth-order valence-electron chi connectivity index (χ4n) is 19.3. The second-order valence-electron chi connectivity index (χ2n) is 35.4. The quantitative estimate of drug-likeness (QED) is 0.0490. The maximum atomic E-state index is 14.6. The van der Waals surface area contributed by atoms with E-state index in [0.29, 0.717) is 225 Å². The normalized spacial score (nSPS) is 15.6. The number of rotatable bonds is 22. The number of carbonyl (C=O) groups excluding carboxylic acids is 12. The summed E-state index contributed by atoms with van der Waals surface area (Å²) in [4.78, 5) is 168. The summed E-state index contributed by atoms with van der Waals surface area (Å²) in [6.07, 6.45) is 6.09. The zero-order valence-electron chi connectivity index (χ0n) is 81.0. The average Bonchev–Trinajstić information content (AvgIpc) is 1.62. The Hall–Kier alpha value is -16.7. The van der Waals surface area contributed by atoms with Crippen molar-refractivity contribution in [1.82, 2.24) is 48.9 Å². The molecule has 4 aromatic heterocycles. The molecule has 0 saturated carbocycles. The van der Waals surface area contributed by atoms with Crippen molar-refractivity contribution in [3.05, 3.63) is 271 Å². The van der Waals surface area contributed by atoms with Gasteiger partial charge in [0.25, 0.3) is 65.0 Å². The largest absolute Gasteiger partial charge is 0.497 e. The summed E-state index contributed by atoms with van der Waals surface area (Å²) in [5.74, 6) is -2.52. The van der Waals surface area contributed by atoms with Gasteiger partial charge in [-0.3, -0.25) is 57.5 Å². The van der Waals surface area contributed by atoms with Gasteiger partial charge in [0.15, 0.2) is 34.3 Å². The van der Waals surface area contributed by atoms with Crippen LogP contribution in [0.2, 0.25) is 0 Å². The van der Waals surface area contributed by atoms with Crippen LogP contribution in [0.1, 0.15) is 195 Å². The van der Waals surface area contributed by atoms with Crippen molar-refractivity contribution in [2.24, 2.45) is 22.9 Å². The van der Waals surface area contributed by atoms with Gasteiger partial charge in [0.05, 0.1) is 70.0 Å². The number of carbonyl (C=O) groups is 12. The molecule has 8 aromatic carbocycles. The molecule has 12 amide bonds. The number of halogens is 1. The summed E-state index contributed by atoms with van der Waals surface area (Å²) in [5.41, 5.74) is 36.9. The number of benzene rings is 8. The van der Waals surface area contributed by atoms with Gasteiger partial charge >= 0.3 is 0 Å². The number of anilines is 6. The van der Waals surface area contributed by atoms with E-state index in [4.69, 9.17) is 51.4 Å². The predicted octanol–water partition coefficient (Wildman–Crippen LogP) is 10.5. The van der Waals surface area contributed by atoms with E-state index >= 15 is 0 Å². The monoisotopic (exact) mass is 1960 g/mol. The van der Waals surface area contributed by atoms with Crippen LogP contribution in [-0.4, -0.2) is 239 Å². The van der Waals surface area contributed by atoms with Gasteiger partial charge in [0.1, 0.15) is 46.6 Å². The van der Waals surface area contributed by atoms with E-state index in [-0.39, 0.29) is 93.8 Å². The van der Waals surface area contributed by atoms with Crippen LogP contribution in [0.25, 0.3) is 22.7 Å². The topological polar surface area (TPSA) is 462 Å². The second-order valence-corrected chi connectivity index (χ2v) is 35.4. The van der Waals surface area contributed by atoms with Gasteiger partial charge in [-0.2, -0.15) is 20.4 Å². The number of primary amides is 4. The number of likely N-dealkylation sites (tertiary alicyclic amines) is 1. The average molecular weight is 1960 g/mol. The lowest BCUT2D eigenvalue weighted by Gasteiger charge is -2.31. The Bertz CT molecular complexity index is 7100. The molecule has 12 aromatic rings. The molecule has 0 atom stereocenters. The van der Waals surface area contributed by atoms with Crippen molar-refractivity contribution in [3.63, 3.8) is 0 Å². The Morgan fingerprint density at radius 2 is 0.674 bits per heavy atom. The first kappa shape index (κ1) is 98.9. The van der Waals surface area contributed by atoms with E-state index in [0.717, 1.165) is 72.4 Å².